The standard InChI is InChI=1S/C7H12N2O2/c1-2-7(10)9-6-4-11-3-5(6)8/h2,5-6H,1,3-4,8H2,(H,9,10)/t5-,6+/m1/s1. The summed E-state index contributed by atoms with van der Waals surface area (Å²) in [5, 5.41) is 2.67. The topological polar surface area (TPSA) is 64.3 Å². The molecule has 0 aromatic heterocycles. The van der Waals surface area contributed by atoms with Crippen molar-refractivity contribution in [3.05, 3.63) is 12.7 Å². The van der Waals surface area contributed by atoms with Crippen molar-refractivity contribution in [2.75, 3.05) is 13.2 Å². The summed E-state index contributed by atoms with van der Waals surface area (Å²) < 4.78 is 5.04. The first-order valence-corrected chi connectivity index (χ1v) is 3.50. The summed E-state index contributed by atoms with van der Waals surface area (Å²) in [6, 6.07) is -0.139. The molecule has 1 amide bonds. The second-order valence-corrected chi connectivity index (χ2v) is 2.52. The molecule has 2 atom stereocenters. The molecule has 62 valence electrons. The molecule has 11 heavy (non-hydrogen) atoms. The van der Waals surface area contributed by atoms with Crippen molar-refractivity contribution >= 4 is 5.91 Å². The van der Waals surface area contributed by atoms with Gasteiger partial charge in [-0.25, -0.2) is 0 Å². The van der Waals surface area contributed by atoms with Crippen LogP contribution in [-0.4, -0.2) is 31.2 Å². The molecule has 1 aliphatic rings. The highest BCUT2D eigenvalue weighted by Crippen LogP contribution is 2.01. The zero-order valence-corrected chi connectivity index (χ0v) is 6.25. The third kappa shape index (κ3) is 2.03. The number of amides is 1. The second-order valence-electron chi connectivity index (χ2n) is 2.52. The van der Waals surface area contributed by atoms with Crippen LogP contribution < -0.4 is 11.1 Å². The van der Waals surface area contributed by atoms with E-state index in [9.17, 15) is 4.79 Å². The summed E-state index contributed by atoms with van der Waals surface area (Å²) in [6.07, 6.45) is 1.23. The lowest BCUT2D eigenvalue weighted by Gasteiger charge is -2.12. The minimum Gasteiger partial charge on any atom is -0.378 e. The molecule has 0 saturated carbocycles. The van der Waals surface area contributed by atoms with E-state index >= 15 is 0 Å². The lowest BCUT2D eigenvalue weighted by atomic mass is 10.2. The second kappa shape index (κ2) is 3.50. The number of rotatable bonds is 2. The van der Waals surface area contributed by atoms with Gasteiger partial charge in [-0.15, -0.1) is 0 Å². The average Bonchev–Trinajstić information content (AvgIpc) is 2.37. The first kappa shape index (κ1) is 8.23. The van der Waals surface area contributed by atoms with Gasteiger partial charge in [0.1, 0.15) is 0 Å². The maximum Gasteiger partial charge on any atom is 0.243 e. The molecular weight excluding hydrogens is 144 g/mol. The highest BCUT2D eigenvalue weighted by Gasteiger charge is 2.25. The number of hydrogen-bond donors (Lipinski definition) is 2. The Balaban J connectivity index is 2.36. The van der Waals surface area contributed by atoms with Gasteiger partial charge in [-0.3, -0.25) is 4.79 Å². The molecule has 0 radical (unpaired) electrons. The zero-order valence-electron chi connectivity index (χ0n) is 6.25. The molecule has 4 nitrogen and oxygen atoms in total. The summed E-state index contributed by atoms with van der Waals surface area (Å²) in [4.78, 5) is 10.8. The largest absolute Gasteiger partial charge is 0.378 e. The molecule has 0 aliphatic carbocycles. The van der Waals surface area contributed by atoms with Crippen molar-refractivity contribution < 1.29 is 9.53 Å². The Kier molecular flexibility index (Phi) is 2.62. The lowest BCUT2D eigenvalue weighted by Crippen LogP contribution is -2.46. The van der Waals surface area contributed by atoms with Crippen LogP contribution in [0.2, 0.25) is 0 Å². The molecule has 3 N–H and O–H groups in total. The van der Waals surface area contributed by atoms with Crippen LogP contribution >= 0.6 is 0 Å². The summed E-state index contributed by atoms with van der Waals surface area (Å²) in [5.41, 5.74) is 5.61. The summed E-state index contributed by atoms with van der Waals surface area (Å²) in [5.74, 6) is -0.198. The fourth-order valence-corrected chi connectivity index (χ4v) is 0.961. The van der Waals surface area contributed by atoms with Crippen LogP contribution in [0.25, 0.3) is 0 Å². The first-order valence-electron chi connectivity index (χ1n) is 3.50. The van der Waals surface area contributed by atoms with Crippen molar-refractivity contribution in [2.45, 2.75) is 12.1 Å². The van der Waals surface area contributed by atoms with Crippen molar-refractivity contribution in [3.63, 3.8) is 0 Å². The third-order valence-corrected chi connectivity index (χ3v) is 1.64. The molecule has 1 saturated heterocycles. The van der Waals surface area contributed by atoms with Gasteiger partial charge in [-0.2, -0.15) is 0 Å². The van der Waals surface area contributed by atoms with Crippen LogP contribution in [0.5, 0.6) is 0 Å². The predicted octanol–water partition coefficient (Wildman–Crippen LogP) is -0.985. The molecule has 1 fully saturated rings. The van der Waals surface area contributed by atoms with E-state index in [0.29, 0.717) is 13.2 Å². The van der Waals surface area contributed by atoms with Crippen molar-refractivity contribution in [1.82, 2.24) is 5.32 Å². The maximum atomic E-state index is 10.8. The molecule has 0 bridgehead atoms. The van der Waals surface area contributed by atoms with E-state index < -0.39 is 0 Å². The highest BCUT2D eigenvalue weighted by molar-refractivity contribution is 5.87. The summed E-state index contributed by atoms with van der Waals surface area (Å²) >= 11 is 0. The minimum absolute atomic E-state index is 0.0551. The number of nitrogens with two attached hydrogens (primary N) is 1. The Morgan fingerprint density at radius 2 is 2.45 bits per heavy atom. The minimum atomic E-state index is -0.198. The van der Waals surface area contributed by atoms with Gasteiger partial charge in [0.05, 0.1) is 25.3 Å². The lowest BCUT2D eigenvalue weighted by molar-refractivity contribution is -0.117. The van der Waals surface area contributed by atoms with E-state index in [0.717, 1.165) is 0 Å². The number of nitrogens with one attached hydrogen (secondary N) is 1. The molecule has 1 rings (SSSR count). The summed E-state index contributed by atoms with van der Waals surface area (Å²) in [7, 11) is 0. The highest BCUT2D eigenvalue weighted by atomic mass is 16.5. The van der Waals surface area contributed by atoms with E-state index in [4.69, 9.17) is 10.5 Å². The van der Waals surface area contributed by atoms with Gasteiger partial charge in [0, 0.05) is 0 Å². The van der Waals surface area contributed by atoms with Crippen molar-refractivity contribution in [3.8, 4) is 0 Å². The Hall–Kier alpha value is -0.870. The van der Waals surface area contributed by atoms with Crippen LogP contribution in [-0.2, 0) is 9.53 Å². The van der Waals surface area contributed by atoms with E-state index in [1.807, 2.05) is 0 Å². The van der Waals surface area contributed by atoms with E-state index in [1.54, 1.807) is 0 Å². The van der Waals surface area contributed by atoms with Gasteiger partial charge in [0.15, 0.2) is 0 Å². The Bertz CT molecular complexity index is 170. The number of ether oxygens (including phenoxy) is 1. The third-order valence-electron chi connectivity index (χ3n) is 1.64. The van der Waals surface area contributed by atoms with Gasteiger partial charge in [-0.1, -0.05) is 6.58 Å². The maximum absolute atomic E-state index is 10.8. The first-order chi connectivity index (χ1) is 5.24. The quantitative estimate of drug-likeness (QED) is 0.505. The fourth-order valence-electron chi connectivity index (χ4n) is 0.961. The van der Waals surface area contributed by atoms with Gasteiger partial charge in [0.2, 0.25) is 5.91 Å². The smallest absolute Gasteiger partial charge is 0.243 e. The van der Waals surface area contributed by atoms with E-state index in [2.05, 4.69) is 11.9 Å². The Labute approximate surface area is 65.4 Å². The molecule has 0 aromatic carbocycles. The van der Waals surface area contributed by atoms with E-state index in [-0.39, 0.29) is 18.0 Å². The zero-order chi connectivity index (χ0) is 8.27. The van der Waals surface area contributed by atoms with Crippen LogP contribution in [0.1, 0.15) is 0 Å². The number of hydrogen-bond acceptors (Lipinski definition) is 3. The van der Waals surface area contributed by atoms with E-state index in [1.165, 1.54) is 6.08 Å². The molecule has 0 unspecified atom stereocenters. The SMILES string of the molecule is C=CC(=O)N[C@H]1COC[C@H]1N. The van der Waals surface area contributed by atoms with Gasteiger partial charge < -0.3 is 15.8 Å². The van der Waals surface area contributed by atoms with Gasteiger partial charge >= 0.3 is 0 Å². The van der Waals surface area contributed by atoms with Crippen LogP contribution in [0.4, 0.5) is 0 Å². The molecule has 4 heteroatoms. The number of carbonyl (C=O) groups is 1. The monoisotopic (exact) mass is 156 g/mol. The Morgan fingerprint density at radius 3 is 2.91 bits per heavy atom. The predicted molar refractivity (Wildman–Crippen MR) is 40.9 cm³/mol. The number of carbonyl (C=O) groups excluding carboxylic acids is 1. The normalized spacial score (nSPS) is 29.9. The van der Waals surface area contributed by atoms with Crippen molar-refractivity contribution in [2.24, 2.45) is 5.73 Å². The average molecular weight is 156 g/mol. The van der Waals surface area contributed by atoms with Crippen molar-refractivity contribution in [1.29, 1.82) is 0 Å². The molecule has 1 heterocycles. The Morgan fingerprint density at radius 1 is 1.73 bits per heavy atom. The van der Waals surface area contributed by atoms with Crippen LogP contribution in [0.15, 0.2) is 12.7 Å². The van der Waals surface area contributed by atoms with Crippen LogP contribution in [0, 0.1) is 0 Å². The summed E-state index contributed by atoms with van der Waals surface area (Å²) in [6.45, 7) is 4.35. The molecule has 1 aliphatic heterocycles. The molecular formula is C7H12N2O2. The van der Waals surface area contributed by atoms with Gasteiger partial charge in [-0.05, 0) is 6.08 Å². The van der Waals surface area contributed by atoms with Gasteiger partial charge in [0.25, 0.3) is 0 Å². The molecule has 0 spiro atoms. The fraction of sp³-hybridized carbons (Fsp3) is 0.571. The van der Waals surface area contributed by atoms with Crippen LogP contribution in [0.3, 0.4) is 0 Å². The molecule has 0 aromatic rings.